The Morgan fingerprint density at radius 2 is 2.03 bits per heavy atom. The third kappa shape index (κ3) is 4.98. The third-order valence-electron chi connectivity index (χ3n) is 7.61. The zero-order chi connectivity index (χ0) is 22.1. The number of nitrogens with one attached hydrogen (secondary N) is 1. The van der Waals surface area contributed by atoms with Crippen molar-refractivity contribution in [1.29, 1.82) is 0 Å². The summed E-state index contributed by atoms with van der Waals surface area (Å²) < 4.78 is 0. The van der Waals surface area contributed by atoms with E-state index in [0.29, 0.717) is 28.2 Å². The SMILES string of the molecule is CC1CCCC(NC(=O)C2CCC3S/C(=C\c4cccc(Cl)c4)C(=O)N(C)C3C2)C1C. The quantitative estimate of drug-likeness (QED) is 0.617. The number of thioether (sulfide) groups is 1. The molecule has 6 atom stereocenters. The van der Waals surface area contributed by atoms with Crippen LogP contribution in [-0.4, -0.2) is 41.1 Å². The van der Waals surface area contributed by atoms with Gasteiger partial charge in [0, 0.05) is 35.3 Å². The van der Waals surface area contributed by atoms with E-state index in [1.165, 1.54) is 12.8 Å². The van der Waals surface area contributed by atoms with Crippen LogP contribution in [0.1, 0.15) is 57.9 Å². The zero-order valence-corrected chi connectivity index (χ0v) is 20.2. The second-order valence-corrected chi connectivity index (χ2v) is 11.3. The van der Waals surface area contributed by atoms with Crippen molar-refractivity contribution in [1.82, 2.24) is 10.2 Å². The molecule has 1 N–H and O–H groups in total. The molecule has 0 bridgehead atoms. The summed E-state index contributed by atoms with van der Waals surface area (Å²) in [5.41, 5.74) is 0.944. The highest BCUT2D eigenvalue weighted by Crippen LogP contribution is 2.43. The highest BCUT2D eigenvalue weighted by Gasteiger charge is 2.43. The van der Waals surface area contributed by atoms with Gasteiger partial charge in [-0.05, 0) is 61.3 Å². The first kappa shape index (κ1) is 22.7. The Morgan fingerprint density at radius 1 is 1.23 bits per heavy atom. The number of carbonyl (C=O) groups excluding carboxylic acids is 2. The minimum absolute atomic E-state index is 0.00000723. The van der Waals surface area contributed by atoms with E-state index in [-0.39, 0.29) is 23.8 Å². The van der Waals surface area contributed by atoms with Crippen LogP contribution in [0.25, 0.3) is 6.08 Å². The molecule has 6 heteroatoms. The Labute approximate surface area is 195 Å². The van der Waals surface area contributed by atoms with Crippen molar-refractivity contribution in [3.05, 3.63) is 39.8 Å². The maximum Gasteiger partial charge on any atom is 0.260 e. The lowest BCUT2D eigenvalue weighted by molar-refractivity contribution is -0.132. The molecule has 6 unspecified atom stereocenters. The van der Waals surface area contributed by atoms with E-state index >= 15 is 0 Å². The van der Waals surface area contributed by atoms with E-state index in [2.05, 4.69) is 19.2 Å². The van der Waals surface area contributed by atoms with Gasteiger partial charge in [0.2, 0.25) is 5.91 Å². The molecule has 0 radical (unpaired) electrons. The van der Waals surface area contributed by atoms with E-state index in [9.17, 15) is 9.59 Å². The monoisotopic (exact) mass is 460 g/mol. The smallest absolute Gasteiger partial charge is 0.260 e. The zero-order valence-electron chi connectivity index (χ0n) is 18.6. The molecule has 0 aromatic heterocycles. The van der Waals surface area contributed by atoms with Crippen LogP contribution in [0.3, 0.4) is 0 Å². The van der Waals surface area contributed by atoms with Crippen molar-refractivity contribution < 1.29 is 9.59 Å². The first-order valence-electron chi connectivity index (χ1n) is 11.5. The number of carbonyl (C=O) groups is 2. The number of hydrogen-bond donors (Lipinski definition) is 1. The molecule has 1 saturated heterocycles. The van der Waals surface area contributed by atoms with Crippen LogP contribution in [0.2, 0.25) is 5.02 Å². The molecule has 1 aliphatic heterocycles. The molecule has 2 amide bonds. The number of amides is 2. The Morgan fingerprint density at radius 3 is 2.81 bits per heavy atom. The van der Waals surface area contributed by atoms with Crippen molar-refractivity contribution in [3.8, 4) is 0 Å². The van der Waals surface area contributed by atoms with Crippen LogP contribution in [0, 0.1) is 17.8 Å². The van der Waals surface area contributed by atoms with Gasteiger partial charge in [-0.1, -0.05) is 50.4 Å². The van der Waals surface area contributed by atoms with Gasteiger partial charge in [-0.25, -0.2) is 0 Å². The Bertz CT molecular complexity index is 873. The predicted molar refractivity (Wildman–Crippen MR) is 129 cm³/mol. The fourth-order valence-corrected chi connectivity index (χ4v) is 7.05. The summed E-state index contributed by atoms with van der Waals surface area (Å²) in [4.78, 5) is 28.7. The number of rotatable bonds is 3. The number of hydrogen-bond acceptors (Lipinski definition) is 3. The van der Waals surface area contributed by atoms with Crippen LogP contribution < -0.4 is 5.32 Å². The van der Waals surface area contributed by atoms with Gasteiger partial charge in [0.1, 0.15) is 0 Å². The largest absolute Gasteiger partial charge is 0.353 e. The average Bonchev–Trinajstić information content (AvgIpc) is 2.75. The van der Waals surface area contributed by atoms with Crippen molar-refractivity contribution in [3.63, 3.8) is 0 Å². The molecule has 31 heavy (non-hydrogen) atoms. The van der Waals surface area contributed by atoms with Gasteiger partial charge in [0.25, 0.3) is 5.91 Å². The summed E-state index contributed by atoms with van der Waals surface area (Å²) in [6.45, 7) is 4.56. The predicted octanol–water partition coefficient (Wildman–Crippen LogP) is 5.36. The van der Waals surface area contributed by atoms with Crippen LogP contribution in [-0.2, 0) is 9.59 Å². The minimum Gasteiger partial charge on any atom is -0.353 e. The van der Waals surface area contributed by atoms with Gasteiger partial charge in [-0.3, -0.25) is 9.59 Å². The Hall–Kier alpha value is -1.46. The standard InChI is InChI=1S/C25H33ClN2O2S/c1-15-6-4-9-20(16(15)2)27-24(29)18-10-11-22-21(14-18)28(3)25(30)23(31-22)13-17-7-5-8-19(26)12-17/h5,7-8,12-13,15-16,18,20-22H,4,6,9-11,14H2,1-3H3,(H,27,29)/b23-13-. The number of benzene rings is 1. The summed E-state index contributed by atoms with van der Waals surface area (Å²) in [7, 11) is 1.89. The molecule has 0 spiro atoms. The van der Waals surface area contributed by atoms with Crippen LogP contribution >= 0.6 is 23.4 Å². The van der Waals surface area contributed by atoms with Gasteiger partial charge < -0.3 is 10.2 Å². The highest BCUT2D eigenvalue weighted by atomic mass is 35.5. The van der Waals surface area contributed by atoms with E-state index in [1.807, 2.05) is 42.3 Å². The molecule has 168 valence electrons. The third-order valence-corrected chi connectivity index (χ3v) is 9.25. The lowest BCUT2D eigenvalue weighted by Gasteiger charge is -2.44. The summed E-state index contributed by atoms with van der Waals surface area (Å²) in [6, 6.07) is 7.98. The van der Waals surface area contributed by atoms with E-state index < -0.39 is 0 Å². The molecular weight excluding hydrogens is 428 g/mol. The molecule has 1 heterocycles. The average molecular weight is 461 g/mol. The van der Waals surface area contributed by atoms with E-state index in [4.69, 9.17) is 11.6 Å². The van der Waals surface area contributed by atoms with Crippen molar-refractivity contribution in [2.75, 3.05) is 7.05 Å². The Balaban J connectivity index is 1.41. The summed E-state index contributed by atoms with van der Waals surface area (Å²) in [5.74, 6) is 1.43. The molecule has 4 rings (SSSR count). The van der Waals surface area contributed by atoms with Crippen LogP contribution in [0.4, 0.5) is 0 Å². The number of halogens is 1. The summed E-state index contributed by atoms with van der Waals surface area (Å²) in [6.07, 6.45) is 8.08. The number of likely N-dealkylation sites (N-methyl/N-ethyl adjacent to an activating group) is 1. The normalized spacial score (nSPS) is 35.0. The van der Waals surface area contributed by atoms with E-state index in [0.717, 1.165) is 36.2 Å². The maximum atomic E-state index is 13.1. The minimum atomic E-state index is -0.00000723. The summed E-state index contributed by atoms with van der Waals surface area (Å²) in [5, 5.41) is 4.37. The van der Waals surface area contributed by atoms with Crippen molar-refractivity contribution in [2.24, 2.45) is 17.8 Å². The molecule has 1 aromatic carbocycles. The van der Waals surface area contributed by atoms with Crippen LogP contribution in [0.5, 0.6) is 0 Å². The second-order valence-electron chi connectivity index (χ2n) is 9.60. The fourth-order valence-electron chi connectivity index (χ4n) is 5.37. The molecule has 3 aliphatic rings. The van der Waals surface area contributed by atoms with Crippen molar-refractivity contribution in [2.45, 2.75) is 69.7 Å². The molecular formula is C25H33ClN2O2S. The van der Waals surface area contributed by atoms with E-state index in [1.54, 1.807) is 11.8 Å². The molecule has 4 nitrogen and oxygen atoms in total. The lowest BCUT2D eigenvalue weighted by atomic mass is 9.77. The van der Waals surface area contributed by atoms with Gasteiger partial charge in [-0.15, -0.1) is 11.8 Å². The van der Waals surface area contributed by atoms with Gasteiger partial charge >= 0.3 is 0 Å². The first-order valence-corrected chi connectivity index (χ1v) is 12.8. The molecule has 2 saturated carbocycles. The lowest BCUT2D eigenvalue weighted by Crippen LogP contribution is -2.53. The fraction of sp³-hybridized carbons (Fsp3) is 0.600. The second kappa shape index (κ2) is 9.58. The maximum absolute atomic E-state index is 13.1. The van der Waals surface area contributed by atoms with Crippen LogP contribution in [0.15, 0.2) is 29.2 Å². The number of nitrogens with zero attached hydrogens (tertiary/aromatic N) is 1. The van der Waals surface area contributed by atoms with Gasteiger partial charge in [0.15, 0.2) is 0 Å². The topological polar surface area (TPSA) is 49.4 Å². The summed E-state index contributed by atoms with van der Waals surface area (Å²) >= 11 is 7.77. The highest BCUT2D eigenvalue weighted by molar-refractivity contribution is 8.04. The number of fused-ring (bicyclic) bond motifs is 1. The Kier molecular flexibility index (Phi) is 7.02. The molecule has 3 fully saturated rings. The molecule has 1 aromatic rings. The van der Waals surface area contributed by atoms with Crippen molar-refractivity contribution >= 4 is 41.3 Å². The first-order chi connectivity index (χ1) is 14.8. The van der Waals surface area contributed by atoms with Gasteiger partial charge in [0.05, 0.1) is 4.91 Å². The van der Waals surface area contributed by atoms with Gasteiger partial charge in [-0.2, -0.15) is 0 Å². The molecule has 2 aliphatic carbocycles.